The van der Waals surface area contributed by atoms with E-state index in [0.29, 0.717) is 46.7 Å². The summed E-state index contributed by atoms with van der Waals surface area (Å²) in [6.45, 7) is 9.20. The summed E-state index contributed by atoms with van der Waals surface area (Å²) in [4.78, 5) is 29.5. The van der Waals surface area contributed by atoms with Crippen molar-refractivity contribution in [3.05, 3.63) is 57.6 Å². The second-order valence-corrected chi connectivity index (χ2v) is 11.2. The summed E-state index contributed by atoms with van der Waals surface area (Å²) in [5, 5.41) is 16.5. The van der Waals surface area contributed by atoms with Crippen LogP contribution in [0.3, 0.4) is 0 Å². The van der Waals surface area contributed by atoms with Crippen molar-refractivity contribution in [3.63, 3.8) is 0 Å². The molecule has 8 nitrogen and oxygen atoms in total. The van der Waals surface area contributed by atoms with Crippen molar-refractivity contribution in [2.45, 2.75) is 58.8 Å². The van der Waals surface area contributed by atoms with Crippen LogP contribution in [0, 0.1) is 5.92 Å². The fraction of sp³-hybridized carbons (Fsp3) is 0.500. The lowest BCUT2D eigenvalue weighted by atomic mass is 10.0. The normalized spacial score (nSPS) is 18.8. The van der Waals surface area contributed by atoms with Crippen molar-refractivity contribution >= 4 is 40.8 Å². The van der Waals surface area contributed by atoms with E-state index in [-0.39, 0.29) is 49.1 Å². The van der Waals surface area contributed by atoms with Crippen LogP contribution in [0.15, 0.2) is 36.4 Å². The second-order valence-electron chi connectivity index (χ2n) is 10.4. The van der Waals surface area contributed by atoms with Crippen LogP contribution in [0.2, 0.25) is 10.0 Å². The summed E-state index contributed by atoms with van der Waals surface area (Å²) in [5.74, 6) is 0.480. The Balaban J connectivity index is 1.87. The zero-order chi connectivity index (χ0) is 28.0. The largest absolute Gasteiger partial charge is 0.488 e. The smallest absolute Gasteiger partial charge is 0.319 e. The monoisotopic (exact) mass is 564 g/mol. The number of carbonyl (C=O) groups excluding carboxylic acids is 2. The number of nitrogens with zero attached hydrogens (tertiary/aromatic N) is 2. The highest BCUT2D eigenvalue weighted by Gasteiger charge is 2.31. The van der Waals surface area contributed by atoms with Gasteiger partial charge in [0.2, 0.25) is 5.91 Å². The molecule has 0 aliphatic carbocycles. The van der Waals surface area contributed by atoms with Gasteiger partial charge in [0, 0.05) is 42.8 Å². The molecule has 0 aromatic heterocycles. The zero-order valence-electron chi connectivity index (χ0n) is 22.6. The SMILES string of the molecule is CC(C)NC(=O)Nc1ccc2c(c1)CC(=O)N([C@@H](C)CO)C[C@H](C)[C@@H](CN(C)Cc1ccc(Cl)c(Cl)c1)O2. The first-order valence-corrected chi connectivity index (χ1v) is 13.6. The molecular weight excluding hydrogens is 527 g/mol. The van der Waals surface area contributed by atoms with E-state index in [0.717, 1.165) is 5.56 Å². The molecule has 2 aromatic carbocycles. The van der Waals surface area contributed by atoms with Crippen molar-refractivity contribution in [2.24, 2.45) is 5.92 Å². The number of aliphatic hydroxyl groups excluding tert-OH is 1. The maximum absolute atomic E-state index is 13.4. The van der Waals surface area contributed by atoms with Crippen LogP contribution in [0.4, 0.5) is 10.5 Å². The Kier molecular flexibility index (Phi) is 10.7. The van der Waals surface area contributed by atoms with Gasteiger partial charge in [-0.3, -0.25) is 9.69 Å². The number of urea groups is 1. The number of halogens is 2. The van der Waals surface area contributed by atoms with Gasteiger partial charge < -0.3 is 25.4 Å². The van der Waals surface area contributed by atoms with Gasteiger partial charge in [-0.2, -0.15) is 0 Å². The molecule has 3 rings (SSSR count). The van der Waals surface area contributed by atoms with Gasteiger partial charge in [-0.25, -0.2) is 4.79 Å². The summed E-state index contributed by atoms with van der Waals surface area (Å²) in [5.41, 5.74) is 2.28. The molecule has 0 saturated carbocycles. The number of benzene rings is 2. The first kappa shape index (κ1) is 30.0. The highest BCUT2D eigenvalue weighted by atomic mass is 35.5. The quantitative estimate of drug-likeness (QED) is 0.428. The Morgan fingerprint density at radius 1 is 1.18 bits per heavy atom. The minimum Gasteiger partial charge on any atom is -0.488 e. The van der Waals surface area contributed by atoms with E-state index in [4.69, 9.17) is 27.9 Å². The van der Waals surface area contributed by atoms with Gasteiger partial charge in [0.1, 0.15) is 11.9 Å². The summed E-state index contributed by atoms with van der Waals surface area (Å²) in [6, 6.07) is 10.3. The van der Waals surface area contributed by atoms with E-state index in [9.17, 15) is 14.7 Å². The van der Waals surface area contributed by atoms with Crippen LogP contribution >= 0.6 is 23.2 Å². The van der Waals surface area contributed by atoms with Gasteiger partial charge in [0.25, 0.3) is 0 Å². The van der Waals surface area contributed by atoms with Crippen molar-refractivity contribution in [2.75, 3.05) is 32.1 Å². The highest BCUT2D eigenvalue weighted by Crippen LogP contribution is 2.30. The lowest BCUT2D eigenvalue weighted by molar-refractivity contribution is -0.134. The fourth-order valence-corrected chi connectivity index (χ4v) is 4.80. The van der Waals surface area contributed by atoms with Crippen molar-refractivity contribution in [3.8, 4) is 5.75 Å². The number of fused-ring (bicyclic) bond motifs is 1. The van der Waals surface area contributed by atoms with Crippen molar-refractivity contribution in [1.82, 2.24) is 15.1 Å². The number of ether oxygens (including phenoxy) is 1. The number of likely N-dealkylation sites (N-methyl/N-ethyl adjacent to an activating group) is 1. The first-order chi connectivity index (χ1) is 18.0. The molecule has 0 fully saturated rings. The third kappa shape index (κ3) is 8.24. The van der Waals surface area contributed by atoms with E-state index < -0.39 is 0 Å². The lowest BCUT2D eigenvalue weighted by Crippen LogP contribution is -2.47. The molecule has 0 unspecified atom stereocenters. The van der Waals surface area contributed by atoms with Crippen LogP contribution in [0.5, 0.6) is 5.75 Å². The fourth-order valence-electron chi connectivity index (χ4n) is 4.48. The average molecular weight is 566 g/mol. The zero-order valence-corrected chi connectivity index (χ0v) is 24.1. The van der Waals surface area contributed by atoms with Crippen LogP contribution < -0.4 is 15.4 Å². The van der Waals surface area contributed by atoms with Gasteiger partial charge in [-0.05, 0) is 63.7 Å². The van der Waals surface area contributed by atoms with E-state index >= 15 is 0 Å². The highest BCUT2D eigenvalue weighted by molar-refractivity contribution is 6.42. The van der Waals surface area contributed by atoms with E-state index in [2.05, 4.69) is 22.5 Å². The molecule has 10 heteroatoms. The molecule has 1 heterocycles. The number of aliphatic hydroxyl groups is 1. The average Bonchev–Trinajstić information content (AvgIpc) is 2.88. The number of anilines is 1. The molecule has 3 N–H and O–H groups in total. The van der Waals surface area contributed by atoms with E-state index in [1.807, 2.05) is 40.0 Å². The third-order valence-electron chi connectivity index (χ3n) is 6.52. The molecule has 2 aromatic rings. The number of carbonyl (C=O) groups is 2. The Morgan fingerprint density at radius 2 is 1.92 bits per heavy atom. The maximum atomic E-state index is 13.4. The molecule has 1 aliphatic rings. The summed E-state index contributed by atoms with van der Waals surface area (Å²) in [7, 11) is 2.01. The summed E-state index contributed by atoms with van der Waals surface area (Å²) < 4.78 is 6.56. The Labute approximate surface area is 235 Å². The number of nitrogens with one attached hydrogen (secondary N) is 2. The summed E-state index contributed by atoms with van der Waals surface area (Å²) in [6.07, 6.45) is -0.150. The molecule has 3 amide bonds. The molecule has 0 radical (unpaired) electrons. The van der Waals surface area contributed by atoms with Crippen LogP contribution in [-0.2, 0) is 17.8 Å². The molecular formula is C28H38Cl2N4O4. The number of hydrogen-bond acceptors (Lipinski definition) is 5. The van der Waals surface area contributed by atoms with Gasteiger partial charge in [-0.1, -0.05) is 36.2 Å². The molecule has 0 bridgehead atoms. The lowest BCUT2D eigenvalue weighted by Gasteiger charge is -2.34. The van der Waals surface area contributed by atoms with Gasteiger partial charge in [0.15, 0.2) is 0 Å². The Morgan fingerprint density at radius 3 is 2.58 bits per heavy atom. The minimum atomic E-state index is -0.334. The molecule has 3 atom stereocenters. The van der Waals surface area contributed by atoms with Gasteiger partial charge in [-0.15, -0.1) is 0 Å². The summed E-state index contributed by atoms with van der Waals surface area (Å²) >= 11 is 12.3. The predicted octanol–water partition coefficient (Wildman–Crippen LogP) is 4.80. The van der Waals surface area contributed by atoms with Crippen molar-refractivity contribution in [1.29, 1.82) is 0 Å². The van der Waals surface area contributed by atoms with Crippen molar-refractivity contribution < 1.29 is 19.4 Å². The second kappa shape index (κ2) is 13.5. The molecule has 1 aliphatic heterocycles. The number of hydrogen-bond donors (Lipinski definition) is 3. The van der Waals surface area contributed by atoms with Crippen LogP contribution in [-0.4, -0.2) is 71.8 Å². The van der Waals surface area contributed by atoms with Gasteiger partial charge >= 0.3 is 6.03 Å². The molecule has 208 valence electrons. The number of amides is 3. The topological polar surface area (TPSA) is 94.1 Å². The van der Waals surface area contributed by atoms with Gasteiger partial charge in [0.05, 0.1) is 29.1 Å². The first-order valence-electron chi connectivity index (χ1n) is 12.9. The van der Waals surface area contributed by atoms with Crippen LogP contribution in [0.25, 0.3) is 0 Å². The number of rotatable bonds is 8. The molecule has 38 heavy (non-hydrogen) atoms. The predicted molar refractivity (Wildman–Crippen MR) is 152 cm³/mol. The minimum absolute atomic E-state index is 0.00979. The van der Waals surface area contributed by atoms with E-state index in [1.165, 1.54) is 0 Å². The maximum Gasteiger partial charge on any atom is 0.319 e. The molecule has 0 saturated heterocycles. The third-order valence-corrected chi connectivity index (χ3v) is 7.26. The van der Waals surface area contributed by atoms with Crippen LogP contribution in [0.1, 0.15) is 38.8 Å². The molecule has 0 spiro atoms. The standard InChI is InChI=1S/C28H38Cl2N4O4/c1-17(2)31-28(37)32-22-7-9-25-21(11-22)12-27(36)34(19(4)16-35)13-18(3)26(38-25)15-33(5)14-20-6-8-23(29)24(30)10-20/h6-11,17-19,26,35H,12-16H2,1-5H3,(H2,31,32,37)/t18-,19-,26+/m0/s1. The van der Waals surface area contributed by atoms with E-state index in [1.54, 1.807) is 29.2 Å². The Hall–Kier alpha value is -2.52. The Bertz CT molecular complexity index is 1130.